The molecule has 1 aliphatic rings. The summed E-state index contributed by atoms with van der Waals surface area (Å²) in [7, 11) is 0. The molecule has 11 rings (SSSR count). The number of hydrogen-bond acceptors (Lipinski definition) is 0. The minimum atomic E-state index is -0.185. The molecule has 0 spiro atoms. The van der Waals surface area contributed by atoms with E-state index in [4.69, 9.17) is 0 Å². The van der Waals surface area contributed by atoms with Crippen LogP contribution in [0.25, 0.3) is 98.0 Å². The predicted octanol–water partition coefficient (Wildman–Crippen LogP) is 13.7. The van der Waals surface area contributed by atoms with E-state index in [9.17, 15) is 0 Å². The molecular weight excluding hydrogens is 589 g/mol. The molecule has 0 saturated carbocycles. The largest absolute Gasteiger partial charge is 0.0616 e. The minimum absolute atomic E-state index is 0.185. The fraction of sp³-hybridized carbons (Fsp3) is 0.0612. The standard InChI is InChI=1S/C49H32/c1-49(2)43-28-42(35-17-4-3-14-32(35)37-26-24-31-23-22-29-12-11-13-30-25-27-40(37)45(31)44(29)30)36-18-6-8-19-38(36)46(43)47-39-20-9-5-15-33(39)34-16-7-10-21-41(34)48(47)49/h3-28H,1-2H3. The molecule has 0 unspecified atom stereocenters. The zero-order chi connectivity index (χ0) is 32.4. The smallest absolute Gasteiger partial charge is 0.0165 e. The average Bonchev–Trinajstić information content (AvgIpc) is 3.40. The quantitative estimate of drug-likeness (QED) is 0.169. The molecule has 10 aromatic rings. The third-order valence-corrected chi connectivity index (χ3v) is 11.6. The second-order valence-corrected chi connectivity index (χ2v) is 14.4. The molecule has 0 aliphatic heterocycles. The summed E-state index contributed by atoms with van der Waals surface area (Å²) in [4.78, 5) is 0. The van der Waals surface area contributed by atoms with Crippen LogP contribution < -0.4 is 0 Å². The summed E-state index contributed by atoms with van der Waals surface area (Å²) in [5.74, 6) is 0. The molecule has 0 aromatic heterocycles. The number of hydrogen-bond donors (Lipinski definition) is 0. The van der Waals surface area contributed by atoms with Gasteiger partial charge in [-0.2, -0.15) is 0 Å². The molecule has 0 radical (unpaired) electrons. The van der Waals surface area contributed by atoms with Crippen LogP contribution in [0.5, 0.6) is 0 Å². The van der Waals surface area contributed by atoms with E-state index in [1.807, 2.05) is 0 Å². The highest BCUT2D eigenvalue weighted by atomic mass is 14.4. The van der Waals surface area contributed by atoms with Crippen molar-refractivity contribution in [3.8, 4) is 33.4 Å². The maximum Gasteiger partial charge on any atom is 0.0165 e. The van der Waals surface area contributed by atoms with Gasteiger partial charge >= 0.3 is 0 Å². The fourth-order valence-electron chi connectivity index (χ4n) is 9.47. The Labute approximate surface area is 285 Å². The van der Waals surface area contributed by atoms with E-state index in [-0.39, 0.29) is 5.41 Å². The Morgan fingerprint density at radius 2 is 0.837 bits per heavy atom. The number of benzene rings is 10. The number of fused-ring (bicyclic) bond motifs is 10. The highest BCUT2D eigenvalue weighted by Gasteiger charge is 2.40. The summed E-state index contributed by atoms with van der Waals surface area (Å²) in [5, 5.41) is 15.9. The van der Waals surface area contributed by atoms with Crippen molar-refractivity contribution >= 4 is 64.6 Å². The van der Waals surface area contributed by atoms with E-state index in [1.54, 1.807) is 0 Å². The molecule has 10 aromatic carbocycles. The zero-order valence-corrected chi connectivity index (χ0v) is 27.5. The summed E-state index contributed by atoms with van der Waals surface area (Å²) in [6.45, 7) is 4.87. The van der Waals surface area contributed by atoms with Crippen LogP contribution in [0.4, 0.5) is 0 Å². The van der Waals surface area contributed by atoms with Crippen molar-refractivity contribution in [2.45, 2.75) is 19.3 Å². The van der Waals surface area contributed by atoms with Gasteiger partial charge in [-0.15, -0.1) is 0 Å². The molecule has 228 valence electrons. The molecule has 49 heavy (non-hydrogen) atoms. The van der Waals surface area contributed by atoms with Crippen molar-refractivity contribution in [3.63, 3.8) is 0 Å². The summed E-state index contributed by atoms with van der Waals surface area (Å²) in [5.41, 5.74) is 10.6. The van der Waals surface area contributed by atoms with E-state index in [0.717, 1.165) is 0 Å². The highest BCUT2D eigenvalue weighted by molar-refractivity contribution is 6.26. The lowest BCUT2D eigenvalue weighted by Crippen LogP contribution is -2.16. The lowest BCUT2D eigenvalue weighted by Gasteiger charge is -2.25. The Hall–Kier alpha value is -5.98. The van der Waals surface area contributed by atoms with Crippen LogP contribution in [0.1, 0.15) is 25.0 Å². The van der Waals surface area contributed by atoms with Gasteiger partial charge in [0.25, 0.3) is 0 Å². The van der Waals surface area contributed by atoms with Gasteiger partial charge in [0, 0.05) is 5.41 Å². The van der Waals surface area contributed by atoms with Crippen LogP contribution in [-0.4, -0.2) is 0 Å². The maximum absolute atomic E-state index is 2.54. The van der Waals surface area contributed by atoms with Crippen LogP contribution in [-0.2, 0) is 5.41 Å². The molecule has 0 atom stereocenters. The van der Waals surface area contributed by atoms with Crippen LogP contribution in [0.2, 0.25) is 0 Å². The van der Waals surface area contributed by atoms with Gasteiger partial charge in [0.2, 0.25) is 0 Å². The molecule has 0 amide bonds. The lowest BCUT2D eigenvalue weighted by atomic mass is 9.78. The SMILES string of the molecule is CC1(C)c2cc(-c3ccccc3-c3ccc4ccc5cccc6ccc3c4c56)c3ccccc3c2-c2c1c1ccccc1c1ccccc21. The first-order valence-corrected chi connectivity index (χ1v) is 17.4. The first-order chi connectivity index (χ1) is 24.1. The summed E-state index contributed by atoms with van der Waals surface area (Å²) >= 11 is 0. The van der Waals surface area contributed by atoms with Crippen molar-refractivity contribution in [1.29, 1.82) is 0 Å². The van der Waals surface area contributed by atoms with Gasteiger partial charge in [0.1, 0.15) is 0 Å². The first-order valence-electron chi connectivity index (χ1n) is 17.4. The maximum atomic E-state index is 2.54. The topological polar surface area (TPSA) is 0 Å². The average molecular weight is 621 g/mol. The van der Waals surface area contributed by atoms with Crippen LogP contribution >= 0.6 is 0 Å². The Morgan fingerprint density at radius 1 is 0.327 bits per heavy atom. The zero-order valence-electron chi connectivity index (χ0n) is 27.5. The van der Waals surface area contributed by atoms with Crippen molar-refractivity contribution < 1.29 is 0 Å². The van der Waals surface area contributed by atoms with Gasteiger partial charge in [-0.05, 0) is 115 Å². The predicted molar refractivity (Wildman–Crippen MR) is 211 cm³/mol. The van der Waals surface area contributed by atoms with Crippen LogP contribution in [0, 0.1) is 0 Å². The van der Waals surface area contributed by atoms with E-state index in [1.165, 1.54) is 109 Å². The summed E-state index contributed by atoms with van der Waals surface area (Å²) < 4.78 is 0. The minimum Gasteiger partial charge on any atom is -0.0616 e. The van der Waals surface area contributed by atoms with Crippen LogP contribution in [0.15, 0.2) is 158 Å². The van der Waals surface area contributed by atoms with E-state index >= 15 is 0 Å². The van der Waals surface area contributed by atoms with Crippen LogP contribution in [0.3, 0.4) is 0 Å². The van der Waals surface area contributed by atoms with Crippen molar-refractivity contribution in [3.05, 3.63) is 169 Å². The monoisotopic (exact) mass is 620 g/mol. The molecule has 1 aliphatic carbocycles. The Kier molecular flexibility index (Phi) is 5.27. The second kappa shape index (κ2) is 9.56. The molecule has 0 heterocycles. The van der Waals surface area contributed by atoms with Gasteiger partial charge in [0.15, 0.2) is 0 Å². The second-order valence-electron chi connectivity index (χ2n) is 14.4. The molecule has 0 heteroatoms. The van der Waals surface area contributed by atoms with Gasteiger partial charge in [-0.25, -0.2) is 0 Å². The van der Waals surface area contributed by atoms with Gasteiger partial charge in [-0.3, -0.25) is 0 Å². The molecule has 0 fully saturated rings. The normalized spacial score (nSPS) is 13.7. The molecule has 0 saturated heterocycles. The molecular formula is C49H32. The van der Waals surface area contributed by atoms with Crippen molar-refractivity contribution in [2.24, 2.45) is 0 Å². The molecule has 0 N–H and O–H groups in total. The summed E-state index contributed by atoms with van der Waals surface area (Å²) in [6, 6.07) is 59.2. The van der Waals surface area contributed by atoms with E-state index in [0.29, 0.717) is 0 Å². The van der Waals surface area contributed by atoms with Crippen molar-refractivity contribution in [1.82, 2.24) is 0 Å². The highest BCUT2D eigenvalue weighted by Crippen LogP contribution is 2.58. The third kappa shape index (κ3) is 3.48. The van der Waals surface area contributed by atoms with E-state index in [2.05, 4.69) is 172 Å². The Balaban J connectivity index is 1.24. The Bertz CT molecular complexity index is 2990. The lowest BCUT2D eigenvalue weighted by molar-refractivity contribution is 0.667. The number of rotatable bonds is 2. The first kappa shape index (κ1) is 27.0. The van der Waals surface area contributed by atoms with Gasteiger partial charge in [0.05, 0.1) is 0 Å². The fourth-order valence-corrected chi connectivity index (χ4v) is 9.47. The van der Waals surface area contributed by atoms with Crippen molar-refractivity contribution in [2.75, 3.05) is 0 Å². The molecule has 0 bridgehead atoms. The molecule has 0 nitrogen and oxygen atoms in total. The van der Waals surface area contributed by atoms with Gasteiger partial charge < -0.3 is 0 Å². The Morgan fingerprint density at radius 3 is 1.55 bits per heavy atom. The van der Waals surface area contributed by atoms with Gasteiger partial charge in [-0.1, -0.05) is 166 Å². The van der Waals surface area contributed by atoms with E-state index < -0.39 is 0 Å². The summed E-state index contributed by atoms with van der Waals surface area (Å²) in [6.07, 6.45) is 0. The third-order valence-electron chi connectivity index (χ3n) is 11.6.